The highest BCUT2D eigenvalue weighted by molar-refractivity contribution is 8.44. The third-order valence-corrected chi connectivity index (χ3v) is 11.6. The maximum absolute atomic E-state index is 16.4. The summed E-state index contributed by atoms with van der Waals surface area (Å²) < 4.78 is 95.1. The van der Waals surface area contributed by atoms with Crippen LogP contribution in [0.2, 0.25) is 0 Å². The molecule has 0 aromatic carbocycles. The van der Waals surface area contributed by atoms with Crippen LogP contribution in [0.1, 0.15) is 31.0 Å². The van der Waals surface area contributed by atoms with E-state index >= 15 is 8.78 Å². The lowest BCUT2D eigenvalue weighted by molar-refractivity contribution is -0.0567. The molecule has 50 heavy (non-hydrogen) atoms. The minimum absolute atomic E-state index is 0.0821. The molecule has 14 bridgehead atoms. The molecule has 1 N–H and O–H groups in total. The van der Waals surface area contributed by atoms with Gasteiger partial charge in [-0.1, -0.05) is 12.2 Å². The number of aromatic nitrogens is 6. The summed E-state index contributed by atoms with van der Waals surface area (Å²) in [5.74, 6) is 0.759. The van der Waals surface area contributed by atoms with E-state index in [0.717, 1.165) is 0 Å². The Bertz CT molecular complexity index is 1970. The van der Waals surface area contributed by atoms with Gasteiger partial charge in [0.15, 0.2) is 41.8 Å². The minimum atomic E-state index is -4.40. The predicted molar refractivity (Wildman–Crippen MR) is 176 cm³/mol. The van der Waals surface area contributed by atoms with Crippen molar-refractivity contribution in [1.82, 2.24) is 29.1 Å². The van der Waals surface area contributed by atoms with Crippen LogP contribution in [-0.4, -0.2) is 103 Å². The van der Waals surface area contributed by atoms with Crippen LogP contribution in [0.5, 0.6) is 5.88 Å². The predicted octanol–water partition coefficient (Wildman–Crippen LogP) is 4.07. The molecule has 0 amide bonds. The van der Waals surface area contributed by atoms with Crippen LogP contribution >= 0.6 is 25.8 Å². The Kier molecular flexibility index (Phi) is 9.43. The van der Waals surface area contributed by atoms with Crippen molar-refractivity contribution in [2.75, 3.05) is 26.4 Å². The van der Waals surface area contributed by atoms with Gasteiger partial charge in [-0.25, -0.2) is 33.3 Å². The number of alkyl halides is 2. The van der Waals surface area contributed by atoms with Crippen LogP contribution in [0.25, 0.3) is 16.9 Å². The van der Waals surface area contributed by atoms with E-state index in [1.807, 2.05) is 6.08 Å². The van der Waals surface area contributed by atoms with Crippen molar-refractivity contribution in [3.05, 3.63) is 42.9 Å². The zero-order chi connectivity index (χ0) is 34.6. The summed E-state index contributed by atoms with van der Waals surface area (Å²) in [6, 6.07) is 0. The Balaban J connectivity index is 1.21. The van der Waals surface area contributed by atoms with Gasteiger partial charge < -0.3 is 28.4 Å². The van der Waals surface area contributed by atoms with Crippen molar-refractivity contribution in [2.24, 2.45) is 4.99 Å². The van der Waals surface area contributed by atoms with Crippen molar-refractivity contribution < 1.29 is 55.3 Å². The number of aliphatic imine (C=N–C) groups is 1. The number of hydrogen-bond acceptors (Lipinski definition) is 15. The lowest BCUT2D eigenvalue weighted by atomic mass is 10.1. The first-order chi connectivity index (χ1) is 24.1. The van der Waals surface area contributed by atoms with Gasteiger partial charge in [-0.05, 0) is 42.9 Å². The molecule has 5 unspecified atom stereocenters. The van der Waals surface area contributed by atoms with Crippen molar-refractivity contribution in [3.8, 4) is 5.88 Å². The van der Waals surface area contributed by atoms with E-state index in [1.165, 1.54) is 28.1 Å². The summed E-state index contributed by atoms with van der Waals surface area (Å²) in [5.41, 5.74) is 0.697. The van der Waals surface area contributed by atoms with Crippen LogP contribution in [-0.2, 0) is 48.7 Å². The molecule has 6 aliphatic rings. The Morgan fingerprint density at radius 3 is 2.40 bits per heavy atom. The summed E-state index contributed by atoms with van der Waals surface area (Å²) in [6.07, 6.45) is -0.781. The van der Waals surface area contributed by atoms with Gasteiger partial charge in [-0.2, -0.15) is 4.98 Å². The van der Waals surface area contributed by atoms with Gasteiger partial charge in [0.1, 0.15) is 55.4 Å². The summed E-state index contributed by atoms with van der Waals surface area (Å²) in [4.78, 5) is 32.8. The third kappa shape index (κ3) is 6.58. The molecule has 0 spiro atoms. The fourth-order valence-corrected chi connectivity index (χ4v) is 9.01. The van der Waals surface area contributed by atoms with Crippen molar-refractivity contribution >= 4 is 66.5 Å². The highest BCUT2D eigenvalue weighted by atomic mass is 32.7. The van der Waals surface area contributed by atoms with Crippen LogP contribution in [0.15, 0.2) is 42.2 Å². The molecule has 0 saturated carbocycles. The minimum Gasteiger partial charge on any atom is -0.487 e. The Morgan fingerprint density at radius 2 is 1.60 bits per heavy atom. The molecule has 268 valence electrons. The number of allylic oxidation sites excluding steroid dienone is 1. The number of imidazole rings is 2. The number of rotatable bonds is 0. The second-order valence-electron chi connectivity index (χ2n) is 11.6. The first-order valence-electron chi connectivity index (χ1n) is 15.4. The standard InChI is InChI=1S/C27H29F2N7O10P2S2/c28-17-21-15-9-41-48(38,50)46-22-16(10-42-47(37,49)45-21)44-27(18(22)29)36-13-34-20-24(36)31-11-32-25(20)40-8-4-3-7-39-14-5-1-2-6-30-23-19(14)33-12-35(23)26(17)43-15/h3-6,11-13,15-18,21-22,26-27H,1-2,7-10H2,(H,37,49)(H,38,50)/b4-3+,14-5+,30-6?/t15?,16?,17-,18-,21-,22-,26?,27-,47?,48?/m1/s1. The lowest BCUT2D eigenvalue weighted by Gasteiger charge is -2.29. The highest BCUT2D eigenvalue weighted by Gasteiger charge is 2.54. The highest BCUT2D eigenvalue weighted by Crippen LogP contribution is 2.59. The second kappa shape index (κ2) is 13.7. The molecule has 3 aromatic heterocycles. The van der Waals surface area contributed by atoms with Gasteiger partial charge in [0.25, 0.3) is 0 Å². The van der Waals surface area contributed by atoms with E-state index in [-0.39, 0.29) is 36.1 Å². The summed E-state index contributed by atoms with van der Waals surface area (Å²) in [6.45, 7) is -9.68. The number of hydrogen-bond donors (Lipinski definition) is 2. The van der Waals surface area contributed by atoms with Gasteiger partial charge in [0.2, 0.25) is 5.88 Å². The zero-order valence-electron chi connectivity index (χ0n) is 25.7. The van der Waals surface area contributed by atoms with Crippen LogP contribution in [0.4, 0.5) is 14.6 Å². The van der Waals surface area contributed by atoms with Crippen LogP contribution in [0.3, 0.4) is 0 Å². The first-order valence-corrected chi connectivity index (χ1v) is 20.7. The van der Waals surface area contributed by atoms with E-state index in [4.69, 9.17) is 48.8 Å². The maximum Gasteiger partial charge on any atom is 0.386 e. The fraction of sp³-hybridized carbons (Fsp3) is 0.519. The molecule has 3 aromatic rings. The molecule has 0 radical (unpaired) electrons. The quantitative estimate of drug-likeness (QED) is 0.189. The van der Waals surface area contributed by atoms with Gasteiger partial charge in [0.05, 0.1) is 25.9 Å². The van der Waals surface area contributed by atoms with Gasteiger partial charge in [-0.3, -0.25) is 22.7 Å². The Hall–Kier alpha value is -2.68. The molecule has 23 heteroatoms. The van der Waals surface area contributed by atoms with E-state index < -0.39 is 75.9 Å². The number of nitrogens with zero attached hydrogens (tertiary/aromatic N) is 7. The lowest BCUT2D eigenvalue weighted by Crippen LogP contribution is -2.37. The molecule has 6 aliphatic heterocycles. The topological polar surface area (TPSA) is 185 Å². The number of fused-ring (bicyclic) bond motifs is 10. The molecule has 3 saturated heterocycles. The number of ether oxygens (including phenoxy) is 4. The molecular formula is C27H29F2N7O10P2S2. The van der Waals surface area contributed by atoms with E-state index in [0.29, 0.717) is 24.3 Å². The van der Waals surface area contributed by atoms with E-state index in [1.54, 1.807) is 18.4 Å². The monoisotopic (exact) mass is 775 g/mol. The average molecular weight is 776 g/mol. The second-order valence-corrected chi connectivity index (χ2v) is 17.2. The van der Waals surface area contributed by atoms with Crippen LogP contribution in [0, 0.1) is 0 Å². The molecule has 17 nitrogen and oxygen atoms in total. The Labute approximate surface area is 292 Å². The Morgan fingerprint density at radius 1 is 0.900 bits per heavy atom. The fourth-order valence-electron chi connectivity index (χ4n) is 6.09. The average Bonchev–Trinajstić information content (AvgIpc) is 3.82. The number of thiol groups is 1. The summed E-state index contributed by atoms with van der Waals surface area (Å²) in [5, 5.41) is 0. The molecule has 9 heterocycles. The number of halogens is 2. The molecular weight excluding hydrogens is 746 g/mol. The zero-order valence-corrected chi connectivity index (χ0v) is 29.2. The van der Waals surface area contributed by atoms with Crippen LogP contribution < -0.4 is 4.74 Å². The van der Waals surface area contributed by atoms with Gasteiger partial charge in [-0.15, -0.1) is 0 Å². The molecule has 0 aliphatic carbocycles. The largest absolute Gasteiger partial charge is 0.487 e. The molecule has 9 rings (SSSR count). The molecule has 10 atom stereocenters. The van der Waals surface area contributed by atoms with Crippen molar-refractivity contribution in [1.29, 1.82) is 0 Å². The van der Waals surface area contributed by atoms with Crippen molar-refractivity contribution in [2.45, 2.75) is 62.1 Å². The normalized spacial score (nSPS) is 39.3. The van der Waals surface area contributed by atoms with Gasteiger partial charge in [0, 0.05) is 6.21 Å². The summed E-state index contributed by atoms with van der Waals surface area (Å²) >= 11 is 9.32. The van der Waals surface area contributed by atoms with E-state index in [9.17, 15) is 9.46 Å². The SMILES string of the molecule is O=P1(S)OCC2O[C@@H]3[C@H](F)[C@@H]2OP(O)(=S)OCC2OC([C@H](F)[C@@H]2O1)n1cnc2c1N=CCC/C=C\2OC/C=C/COc1ncnc2c1ncn23. The molecule has 3 fully saturated rings. The third-order valence-electron chi connectivity index (χ3n) is 8.38. The maximum atomic E-state index is 16.4. The van der Waals surface area contributed by atoms with Crippen molar-refractivity contribution in [3.63, 3.8) is 0 Å². The summed E-state index contributed by atoms with van der Waals surface area (Å²) in [7, 11) is 0. The van der Waals surface area contributed by atoms with E-state index in [2.05, 4.69) is 37.2 Å². The first kappa shape index (κ1) is 34.4. The van der Waals surface area contributed by atoms with Gasteiger partial charge >= 0.3 is 13.5 Å². The smallest absolute Gasteiger partial charge is 0.386 e.